The molecule has 3 aliphatic rings. The predicted molar refractivity (Wildman–Crippen MR) is 92.0 cm³/mol. The summed E-state index contributed by atoms with van der Waals surface area (Å²) in [6.45, 7) is 1.87. The second kappa shape index (κ2) is 6.35. The SMILES string of the molecule is CN(C)C(C(=O)N1CCC2(CC1)CNC(=O)O2)c1ccc2c(c1)OCO2. The van der Waals surface area contributed by atoms with Gasteiger partial charge in [-0.25, -0.2) is 4.79 Å². The lowest BCUT2D eigenvalue weighted by atomic mass is 9.91. The highest BCUT2D eigenvalue weighted by Crippen LogP contribution is 2.36. The molecule has 1 aromatic rings. The molecule has 0 saturated carbocycles. The molecule has 0 aromatic heterocycles. The Morgan fingerprint density at radius 1 is 1.23 bits per heavy atom. The van der Waals surface area contributed by atoms with Crippen LogP contribution >= 0.6 is 0 Å². The third kappa shape index (κ3) is 2.94. The molecule has 0 radical (unpaired) electrons. The minimum Gasteiger partial charge on any atom is -0.454 e. The van der Waals surface area contributed by atoms with Crippen LogP contribution in [0.2, 0.25) is 0 Å². The Morgan fingerprint density at radius 3 is 2.62 bits per heavy atom. The van der Waals surface area contributed by atoms with Crippen molar-refractivity contribution in [2.75, 3.05) is 40.5 Å². The van der Waals surface area contributed by atoms with Gasteiger partial charge in [-0.3, -0.25) is 9.69 Å². The lowest BCUT2D eigenvalue weighted by molar-refractivity contribution is -0.139. The van der Waals surface area contributed by atoms with Crippen molar-refractivity contribution in [2.24, 2.45) is 0 Å². The first-order valence-corrected chi connectivity index (χ1v) is 8.79. The fourth-order valence-electron chi connectivity index (χ4n) is 3.83. The summed E-state index contributed by atoms with van der Waals surface area (Å²) in [5.74, 6) is 1.42. The van der Waals surface area contributed by atoms with E-state index in [-0.39, 0.29) is 18.8 Å². The Kier molecular flexibility index (Phi) is 4.14. The van der Waals surface area contributed by atoms with Gasteiger partial charge in [0, 0.05) is 25.9 Å². The van der Waals surface area contributed by atoms with Crippen LogP contribution in [-0.4, -0.2) is 67.9 Å². The van der Waals surface area contributed by atoms with Gasteiger partial charge in [0.1, 0.15) is 11.6 Å². The quantitative estimate of drug-likeness (QED) is 0.869. The number of ether oxygens (including phenoxy) is 3. The number of likely N-dealkylation sites (N-methyl/N-ethyl adjacent to an activating group) is 1. The molecule has 1 unspecified atom stereocenters. The molecule has 8 heteroatoms. The number of fused-ring (bicyclic) bond motifs is 1. The molecule has 3 heterocycles. The topological polar surface area (TPSA) is 80.3 Å². The normalized spacial score (nSPS) is 21.7. The van der Waals surface area contributed by atoms with Gasteiger partial charge < -0.3 is 24.4 Å². The Morgan fingerprint density at radius 2 is 1.96 bits per heavy atom. The zero-order valence-electron chi connectivity index (χ0n) is 15.0. The van der Waals surface area contributed by atoms with E-state index in [9.17, 15) is 9.59 Å². The van der Waals surface area contributed by atoms with Gasteiger partial charge in [0.15, 0.2) is 11.5 Å². The summed E-state index contributed by atoms with van der Waals surface area (Å²) in [6.07, 6.45) is 0.939. The molecule has 1 N–H and O–H groups in total. The molecular weight excluding hydrogens is 338 g/mol. The van der Waals surface area contributed by atoms with E-state index in [1.807, 2.05) is 42.1 Å². The lowest BCUT2D eigenvalue weighted by Gasteiger charge is -2.39. The molecule has 3 aliphatic heterocycles. The third-order valence-electron chi connectivity index (χ3n) is 5.31. The highest BCUT2D eigenvalue weighted by Gasteiger charge is 2.44. The monoisotopic (exact) mass is 361 g/mol. The van der Waals surface area contributed by atoms with Crippen molar-refractivity contribution in [3.63, 3.8) is 0 Å². The average Bonchev–Trinajstić information content (AvgIpc) is 3.22. The average molecular weight is 361 g/mol. The molecule has 2 fully saturated rings. The number of alkyl carbamates (subject to hydrolysis) is 1. The molecule has 0 aliphatic carbocycles. The summed E-state index contributed by atoms with van der Waals surface area (Å²) in [5.41, 5.74) is 0.415. The molecule has 1 spiro atoms. The van der Waals surface area contributed by atoms with Crippen LogP contribution in [0.4, 0.5) is 4.79 Å². The first-order chi connectivity index (χ1) is 12.5. The van der Waals surface area contributed by atoms with E-state index in [4.69, 9.17) is 14.2 Å². The fourth-order valence-corrected chi connectivity index (χ4v) is 3.83. The minimum absolute atomic E-state index is 0.0426. The summed E-state index contributed by atoms with van der Waals surface area (Å²) >= 11 is 0. The summed E-state index contributed by atoms with van der Waals surface area (Å²) in [7, 11) is 3.78. The largest absolute Gasteiger partial charge is 0.454 e. The van der Waals surface area contributed by atoms with Crippen LogP contribution in [0.5, 0.6) is 11.5 Å². The van der Waals surface area contributed by atoms with Gasteiger partial charge in [-0.15, -0.1) is 0 Å². The van der Waals surface area contributed by atoms with Gasteiger partial charge in [0.2, 0.25) is 12.7 Å². The molecule has 2 saturated heterocycles. The molecule has 1 atom stereocenters. The van der Waals surface area contributed by atoms with Crippen molar-refractivity contribution in [1.29, 1.82) is 0 Å². The number of amides is 2. The fraction of sp³-hybridized carbons (Fsp3) is 0.556. The maximum absolute atomic E-state index is 13.2. The van der Waals surface area contributed by atoms with Crippen molar-refractivity contribution >= 4 is 12.0 Å². The molecule has 140 valence electrons. The van der Waals surface area contributed by atoms with E-state index in [0.29, 0.717) is 44.0 Å². The number of hydrogen-bond acceptors (Lipinski definition) is 6. The van der Waals surface area contributed by atoms with E-state index >= 15 is 0 Å². The molecule has 1 aromatic carbocycles. The van der Waals surface area contributed by atoms with Crippen LogP contribution in [0, 0.1) is 0 Å². The second-order valence-electron chi connectivity index (χ2n) is 7.23. The number of nitrogens with zero attached hydrogens (tertiary/aromatic N) is 2. The third-order valence-corrected chi connectivity index (χ3v) is 5.31. The maximum Gasteiger partial charge on any atom is 0.407 e. The number of hydrogen-bond donors (Lipinski definition) is 1. The van der Waals surface area contributed by atoms with E-state index in [1.165, 1.54) is 0 Å². The van der Waals surface area contributed by atoms with Crippen LogP contribution in [0.15, 0.2) is 18.2 Å². The summed E-state index contributed by atoms with van der Waals surface area (Å²) < 4.78 is 16.2. The number of carbonyl (C=O) groups excluding carboxylic acids is 2. The Hall–Kier alpha value is -2.48. The number of likely N-dealkylation sites (tertiary alicyclic amines) is 1. The number of benzene rings is 1. The van der Waals surface area contributed by atoms with Crippen LogP contribution in [0.25, 0.3) is 0 Å². The van der Waals surface area contributed by atoms with E-state index in [1.54, 1.807) is 0 Å². The van der Waals surface area contributed by atoms with E-state index in [0.717, 1.165) is 5.56 Å². The van der Waals surface area contributed by atoms with Crippen LogP contribution < -0.4 is 14.8 Å². The van der Waals surface area contributed by atoms with Crippen molar-refractivity contribution in [2.45, 2.75) is 24.5 Å². The van der Waals surface area contributed by atoms with Gasteiger partial charge in [-0.1, -0.05) is 6.07 Å². The van der Waals surface area contributed by atoms with Crippen molar-refractivity contribution in [1.82, 2.24) is 15.1 Å². The number of carbonyl (C=O) groups is 2. The predicted octanol–water partition coefficient (Wildman–Crippen LogP) is 1.12. The number of nitrogens with one attached hydrogen (secondary N) is 1. The summed E-state index contributed by atoms with van der Waals surface area (Å²) in [6, 6.07) is 5.22. The zero-order chi connectivity index (χ0) is 18.3. The molecule has 0 bridgehead atoms. The van der Waals surface area contributed by atoms with Crippen molar-refractivity contribution < 1.29 is 23.8 Å². The number of piperidine rings is 1. The van der Waals surface area contributed by atoms with Crippen LogP contribution in [-0.2, 0) is 9.53 Å². The number of rotatable bonds is 3. The molecule has 2 amide bonds. The van der Waals surface area contributed by atoms with E-state index in [2.05, 4.69) is 5.32 Å². The van der Waals surface area contributed by atoms with Crippen LogP contribution in [0.3, 0.4) is 0 Å². The van der Waals surface area contributed by atoms with Crippen molar-refractivity contribution in [3.8, 4) is 11.5 Å². The van der Waals surface area contributed by atoms with Crippen molar-refractivity contribution in [3.05, 3.63) is 23.8 Å². The minimum atomic E-state index is -0.458. The first kappa shape index (κ1) is 17.0. The zero-order valence-corrected chi connectivity index (χ0v) is 15.0. The highest BCUT2D eigenvalue weighted by molar-refractivity contribution is 5.83. The van der Waals surface area contributed by atoms with Gasteiger partial charge in [0.05, 0.1) is 6.54 Å². The standard InChI is InChI=1S/C18H23N3O5/c1-20(2)15(12-3-4-13-14(9-12)25-11-24-13)16(22)21-7-5-18(6-8-21)10-19-17(23)26-18/h3-4,9,15H,5-8,10-11H2,1-2H3,(H,19,23). The molecule has 8 nitrogen and oxygen atoms in total. The van der Waals surface area contributed by atoms with Gasteiger partial charge in [0.25, 0.3) is 0 Å². The van der Waals surface area contributed by atoms with Gasteiger partial charge in [-0.05, 0) is 31.8 Å². The molecular formula is C18H23N3O5. The Labute approximate surface area is 152 Å². The molecule has 26 heavy (non-hydrogen) atoms. The van der Waals surface area contributed by atoms with Gasteiger partial charge >= 0.3 is 6.09 Å². The highest BCUT2D eigenvalue weighted by atomic mass is 16.7. The van der Waals surface area contributed by atoms with Crippen LogP contribution in [0.1, 0.15) is 24.4 Å². The smallest absolute Gasteiger partial charge is 0.407 e. The Balaban J connectivity index is 1.49. The summed E-state index contributed by atoms with van der Waals surface area (Å²) in [5, 5.41) is 2.72. The van der Waals surface area contributed by atoms with E-state index < -0.39 is 11.6 Å². The first-order valence-electron chi connectivity index (χ1n) is 8.79. The maximum atomic E-state index is 13.2. The van der Waals surface area contributed by atoms with Gasteiger partial charge in [-0.2, -0.15) is 0 Å². The molecule has 4 rings (SSSR count). The lowest BCUT2D eigenvalue weighted by Crippen LogP contribution is -2.51. The second-order valence-corrected chi connectivity index (χ2v) is 7.23. The Bertz CT molecular complexity index is 728. The summed E-state index contributed by atoms with van der Waals surface area (Å²) in [4.78, 5) is 28.3.